The van der Waals surface area contributed by atoms with Crippen molar-refractivity contribution in [1.82, 2.24) is 4.98 Å². The zero-order valence-corrected chi connectivity index (χ0v) is 9.19. The van der Waals surface area contributed by atoms with Crippen LogP contribution in [0.15, 0.2) is 24.3 Å². The van der Waals surface area contributed by atoms with Crippen LogP contribution in [0.3, 0.4) is 0 Å². The maximum Gasteiger partial charge on any atom is 0.450 e. The van der Waals surface area contributed by atoms with E-state index in [1.54, 1.807) is 18.2 Å². The zero-order valence-electron chi connectivity index (χ0n) is 8.44. The maximum absolute atomic E-state index is 12.1. The molecule has 17 heavy (non-hydrogen) atoms. The zero-order chi connectivity index (χ0) is 12.6. The first kappa shape index (κ1) is 12.0. The van der Waals surface area contributed by atoms with Crippen LogP contribution in [0.2, 0.25) is 5.02 Å². The molecular weight excluding hydrogens is 255 g/mol. The lowest BCUT2D eigenvalue weighted by atomic mass is 10.2. The molecule has 2 nitrogen and oxygen atoms in total. The van der Waals surface area contributed by atoms with Crippen LogP contribution in [0, 0.1) is 0 Å². The third-order valence-electron chi connectivity index (χ3n) is 2.31. The van der Waals surface area contributed by atoms with E-state index >= 15 is 0 Å². The van der Waals surface area contributed by atoms with E-state index in [-0.39, 0.29) is 5.69 Å². The predicted octanol–water partition coefficient (Wildman–Crippen LogP) is 3.50. The van der Waals surface area contributed by atoms with Crippen LogP contribution < -0.4 is 0 Å². The maximum atomic E-state index is 12.1. The number of Topliss-reactive ketones (excluding diaryl/α,β-unsaturated/α-hetero) is 1. The second-order valence-corrected chi connectivity index (χ2v) is 4.06. The Labute approximate surface area is 99.4 Å². The minimum absolute atomic E-state index is 0.226. The van der Waals surface area contributed by atoms with Gasteiger partial charge in [-0.3, -0.25) is 4.79 Å². The highest BCUT2D eigenvalue weighted by atomic mass is 35.5. The Bertz CT molecular complexity index is 574. The molecule has 0 amide bonds. The summed E-state index contributed by atoms with van der Waals surface area (Å²) in [5.74, 6) is -1.77. The quantitative estimate of drug-likeness (QED) is 0.882. The van der Waals surface area contributed by atoms with Gasteiger partial charge in [0.2, 0.25) is 5.78 Å². The lowest BCUT2D eigenvalue weighted by Gasteiger charge is -2.02. The molecule has 0 saturated carbocycles. The number of alkyl halides is 3. The van der Waals surface area contributed by atoms with Gasteiger partial charge in [0.15, 0.2) is 0 Å². The van der Waals surface area contributed by atoms with Crippen molar-refractivity contribution in [3.05, 3.63) is 35.0 Å². The summed E-state index contributed by atoms with van der Waals surface area (Å²) in [7, 11) is 0. The minimum atomic E-state index is -4.80. The second kappa shape index (κ2) is 4.07. The number of nitrogens with one attached hydrogen (secondary N) is 1. The van der Waals surface area contributed by atoms with Gasteiger partial charge < -0.3 is 4.98 Å². The molecule has 1 N–H and O–H groups in total. The van der Waals surface area contributed by atoms with Crippen molar-refractivity contribution in [1.29, 1.82) is 0 Å². The third kappa shape index (κ3) is 2.61. The fourth-order valence-electron chi connectivity index (χ4n) is 1.53. The number of carbonyl (C=O) groups excluding carboxylic acids is 1. The molecule has 2 rings (SSSR count). The Hall–Kier alpha value is -1.49. The fraction of sp³-hybridized carbons (Fsp3) is 0.182. The number of benzene rings is 1. The van der Waals surface area contributed by atoms with E-state index in [0.717, 1.165) is 0 Å². The number of aromatic nitrogens is 1. The summed E-state index contributed by atoms with van der Waals surface area (Å²) in [5, 5.41) is 1.17. The molecule has 1 aromatic carbocycles. The number of ketones is 1. The van der Waals surface area contributed by atoms with Crippen molar-refractivity contribution in [2.45, 2.75) is 12.6 Å². The van der Waals surface area contributed by atoms with Gasteiger partial charge in [-0.15, -0.1) is 0 Å². The van der Waals surface area contributed by atoms with Crippen molar-refractivity contribution >= 4 is 28.3 Å². The van der Waals surface area contributed by atoms with Crippen LogP contribution in [0.5, 0.6) is 0 Å². The summed E-state index contributed by atoms with van der Waals surface area (Å²) in [4.78, 5) is 13.6. The average molecular weight is 262 g/mol. The molecule has 0 bridgehead atoms. The molecule has 0 aliphatic rings. The van der Waals surface area contributed by atoms with Gasteiger partial charge in [-0.2, -0.15) is 13.2 Å². The molecule has 0 aliphatic heterocycles. The topological polar surface area (TPSA) is 32.9 Å². The molecule has 0 aliphatic carbocycles. The number of halogens is 4. The van der Waals surface area contributed by atoms with Gasteiger partial charge in [-0.1, -0.05) is 11.6 Å². The minimum Gasteiger partial charge on any atom is -0.358 e. The molecule has 0 fully saturated rings. The van der Waals surface area contributed by atoms with Gasteiger partial charge in [0.05, 0.1) is 6.42 Å². The van der Waals surface area contributed by atoms with Crippen molar-refractivity contribution in [3.8, 4) is 0 Å². The number of aromatic amines is 1. The van der Waals surface area contributed by atoms with Crippen molar-refractivity contribution < 1.29 is 18.0 Å². The number of H-pyrrole nitrogens is 1. The highest BCUT2D eigenvalue weighted by Gasteiger charge is 2.37. The average Bonchev–Trinajstić information content (AvgIpc) is 2.57. The summed E-state index contributed by atoms with van der Waals surface area (Å²) >= 11 is 5.75. The summed E-state index contributed by atoms with van der Waals surface area (Å²) in [6.07, 6.45) is -5.48. The van der Waals surface area contributed by atoms with Gasteiger partial charge in [-0.25, -0.2) is 0 Å². The number of hydrogen-bond donors (Lipinski definition) is 1. The van der Waals surface area contributed by atoms with E-state index in [1.165, 1.54) is 6.07 Å². The second-order valence-electron chi connectivity index (χ2n) is 3.62. The lowest BCUT2D eigenvalue weighted by molar-refractivity contribution is -0.170. The third-order valence-corrected chi connectivity index (χ3v) is 2.54. The van der Waals surface area contributed by atoms with E-state index in [0.29, 0.717) is 15.9 Å². The van der Waals surface area contributed by atoms with E-state index in [4.69, 9.17) is 11.6 Å². The van der Waals surface area contributed by atoms with Gasteiger partial charge in [-0.05, 0) is 24.3 Å². The van der Waals surface area contributed by atoms with Gasteiger partial charge >= 0.3 is 6.18 Å². The van der Waals surface area contributed by atoms with Crippen molar-refractivity contribution in [3.63, 3.8) is 0 Å². The predicted molar refractivity (Wildman–Crippen MR) is 58.1 cm³/mol. The molecular formula is C11H7ClF3NO. The number of hydrogen-bond acceptors (Lipinski definition) is 1. The Kier molecular flexibility index (Phi) is 2.87. The van der Waals surface area contributed by atoms with E-state index in [1.807, 2.05) is 0 Å². The van der Waals surface area contributed by atoms with Crippen LogP contribution in [0.4, 0.5) is 13.2 Å². The molecule has 6 heteroatoms. The van der Waals surface area contributed by atoms with Crippen molar-refractivity contribution in [2.75, 3.05) is 0 Å². The van der Waals surface area contributed by atoms with E-state index in [2.05, 4.69) is 4.98 Å². The van der Waals surface area contributed by atoms with Gasteiger partial charge in [0.25, 0.3) is 0 Å². The Morgan fingerprint density at radius 2 is 2.00 bits per heavy atom. The molecule has 2 aromatic rings. The molecule has 0 spiro atoms. The largest absolute Gasteiger partial charge is 0.450 e. The number of fused-ring (bicyclic) bond motifs is 1. The van der Waals surface area contributed by atoms with Gasteiger partial charge in [0.1, 0.15) is 0 Å². The first-order valence-electron chi connectivity index (χ1n) is 4.73. The first-order valence-corrected chi connectivity index (χ1v) is 5.11. The summed E-state index contributed by atoms with van der Waals surface area (Å²) in [6, 6.07) is 6.38. The molecule has 1 aromatic heterocycles. The van der Waals surface area contributed by atoms with E-state index < -0.39 is 18.4 Å². The van der Waals surface area contributed by atoms with Crippen molar-refractivity contribution in [2.24, 2.45) is 0 Å². The highest BCUT2D eigenvalue weighted by Crippen LogP contribution is 2.23. The van der Waals surface area contributed by atoms with Crippen LogP contribution >= 0.6 is 11.6 Å². The smallest absolute Gasteiger partial charge is 0.358 e. The van der Waals surface area contributed by atoms with Crippen LogP contribution in [-0.4, -0.2) is 16.9 Å². The first-order chi connectivity index (χ1) is 7.86. The normalized spacial score (nSPS) is 12.0. The molecule has 1 heterocycles. The molecule has 0 saturated heterocycles. The molecule has 0 radical (unpaired) electrons. The summed E-state index contributed by atoms with van der Waals surface area (Å²) in [6.45, 7) is 0. The standard InChI is InChI=1S/C11H7ClF3NO/c12-7-1-2-9-6(3-7)4-8(16-9)5-10(17)11(13,14)15/h1-4,16H,5H2. The van der Waals surface area contributed by atoms with Crippen LogP contribution in [0.1, 0.15) is 5.69 Å². The van der Waals surface area contributed by atoms with Crippen LogP contribution in [-0.2, 0) is 11.2 Å². The molecule has 0 atom stereocenters. The van der Waals surface area contributed by atoms with E-state index in [9.17, 15) is 18.0 Å². The summed E-state index contributed by atoms with van der Waals surface area (Å²) in [5.41, 5.74) is 0.879. The Morgan fingerprint density at radius 1 is 1.29 bits per heavy atom. The fourth-order valence-corrected chi connectivity index (χ4v) is 1.71. The van der Waals surface area contributed by atoms with Gasteiger partial charge in [0, 0.05) is 21.6 Å². The SMILES string of the molecule is O=C(Cc1cc2cc(Cl)ccc2[nH]1)C(F)(F)F. The highest BCUT2D eigenvalue weighted by molar-refractivity contribution is 6.31. The molecule has 90 valence electrons. The Balaban J connectivity index is 2.29. The monoisotopic (exact) mass is 261 g/mol. The number of rotatable bonds is 2. The summed E-state index contributed by atoms with van der Waals surface area (Å²) < 4.78 is 36.2. The van der Waals surface area contributed by atoms with Crippen LogP contribution in [0.25, 0.3) is 10.9 Å². The number of carbonyl (C=O) groups is 1. The lowest BCUT2D eigenvalue weighted by Crippen LogP contribution is -2.24. The Morgan fingerprint density at radius 3 is 2.65 bits per heavy atom. The molecule has 0 unspecified atom stereocenters.